The Morgan fingerprint density at radius 3 is 2.65 bits per heavy atom. The zero-order chi connectivity index (χ0) is 12.4. The number of nitrogens with zero attached hydrogens (tertiary/aromatic N) is 2. The summed E-state index contributed by atoms with van der Waals surface area (Å²) in [4.78, 5) is 0. The summed E-state index contributed by atoms with van der Waals surface area (Å²) in [6.07, 6.45) is -0.103. The highest BCUT2D eigenvalue weighted by Gasteiger charge is 2.15. The minimum Gasteiger partial charge on any atom is -0.393 e. The molecule has 0 aliphatic heterocycles. The molecule has 1 atom stereocenters. The Bertz CT molecular complexity index is 508. The molecule has 0 radical (unpaired) electrons. The molecule has 2 aromatic rings. The van der Waals surface area contributed by atoms with Crippen molar-refractivity contribution in [2.45, 2.75) is 19.4 Å². The molecule has 0 fully saturated rings. The van der Waals surface area contributed by atoms with Gasteiger partial charge < -0.3 is 10.8 Å². The number of hydrogen-bond acceptors (Lipinski definition) is 3. The zero-order valence-electron chi connectivity index (χ0n) is 9.47. The molecule has 0 amide bonds. The number of rotatable bonds is 3. The number of nitrogens with two attached hydrogens (primary N) is 1. The van der Waals surface area contributed by atoms with Crippen molar-refractivity contribution in [1.82, 2.24) is 9.78 Å². The molecule has 0 saturated heterocycles. The normalized spacial score (nSPS) is 12.6. The number of halogens is 1. The first-order chi connectivity index (χ1) is 8.09. The van der Waals surface area contributed by atoms with E-state index in [0.29, 0.717) is 23.0 Å². The first kappa shape index (κ1) is 12.0. The molecule has 90 valence electrons. The highest BCUT2D eigenvalue weighted by Crippen LogP contribution is 2.26. The fourth-order valence-electron chi connectivity index (χ4n) is 1.64. The Hall–Kier alpha value is -1.52. The van der Waals surface area contributed by atoms with E-state index in [1.807, 2.05) is 30.3 Å². The second-order valence-electron chi connectivity index (χ2n) is 3.95. The first-order valence-electron chi connectivity index (χ1n) is 5.36. The maximum atomic E-state index is 9.35. The molecule has 4 nitrogen and oxygen atoms in total. The highest BCUT2D eigenvalue weighted by atomic mass is 35.5. The highest BCUT2D eigenvalue weighted by molar-refractivity contribution is 6.33. The molecule has 0 bridgehead atoms. The van der Waals surface area contributed by atoms with Gasteiger partial charge in [0.2, 0.25) is 0 Å². The molecule has 0 spiro atoms. The van der Waals surface area contributed by atoms with Crippen LogP contribution in [0.4, 0.5) is 5.82 Å². The number of hydrogen-bond donors (Lipinski definition) is 2. The third-order valence-corrected chi connectivity index (χ3v) is 2.83. The summed E-state index contributed by atoms with van der Waals surface area (Å²) in [5.41, 5.74) is 7.36. The zero-order valence-corrected chi connectivity index (χ0v) is 10.2. The summed E-state index contributed by atoms with van der Waals surface area (Å²) in [5.74, 6) is 0.397. The average molecular weight is 252 g/mol. The van der Waals surface area contributed by atoms with Crippen LogP contribution in [0.1, 0.15) is 12.6 Å². The van der Waals surface area contributed by atoms with Crippen molar-refractivity contribution in [2.24, 2.45) is 0 Å². The molecule has 3 N–H and O–H groups in total. The lowest BCUT2D eigenvalue weighted by molar-refractivity contribution is 0.194. The van der Waals surface area contributed by atoms with E-state index in [-0.39, 0.29) is 0 Å². The van der Waals surface area contributed by atoms with Gasteiger partial charge in [0.15, 0.2) is 0 Å². The molecule has 0 aliphatic carbocycles. The van der Waals surface area contributed by atoms with Gasteiger partial charge in [-0.25, -0.2) is 4.68 Å². The van der Waals surface area contributed by atoms with E-state index < -0.39 is 6.10 Å². The number of aliphatic hydroxyl groups is 1. The number of aliphatic hydroxyl groups excluding tert-OH is 1. The molecule has 0 saturated carbocycles. The summed E-state index contributed by atoms with van der Waals surface area (Å²) >= 11 is 6.09. The lowest BCUT2D eigenvalue weighted by Crippen LogP contribution is -2.06. The molecular weight excluding hydrogens is 238 g/mol. The van der Waals surface area contributed by atoms with Crippen molar-refractivity contribution in [2.75, 3.05) is 5.73 Å². The van der Waals surface area contributed by atoms with Gasteiger partial charge in [0, 0.05) is 6.42 Å². The number of nitrogen functional groups attached to an aromatic ring is 1. The van der Waals surface area contributed by atoms with Crippen LogP contribution in [0.5, 0.6) is 0 Å². The largest absolute Gasteiger partial charge is 0.393 e. The minimum absolute atomic E-state index is 0.392. The van der Waals surface area contributed by atoms with E-state index in [1.165, 1.54) is 0 Å². The monoisotopic (exact) mass is 251 g/mol. The fraction of sp³-hybridized carbons (Fsp3) is 0.250. The molecule has 0 aliphatic rings. The third kappa shape index (κ3) is 2.43. The number of anilines is 1. The molecular formula is C12H14ClN3O. The molecule has 0 unspecified atom stereocenters. The Morgan fingerprint density at radius 1 is 1.41 bits per heavy atom. The van der Waals surface area contributed by atoms with Crippen molar-refractivity contribution in [3.05, 3.63) is 41.0 Å². The summed E-state index contributed by atoms with van der Waals surface area (Å²) in [7, 11) is 0. The molecule has 17 heavy (non-hydrogen) atoms. The first-order valence-corrected chi connectivity index (χ1v) is 5.73. The van der Waals surface area contributed by atoms with Gasteiger partial charge in [-0.3, -0.25) is 0 Å². The van der Waals surface area contributed by atoms with Crippen molar-refractivity contribution in [3.8, 4) is 5.69 Å². The summed E-state index contributed by atoms with van der Waals surface area (Å²) in [6, 6.07) is 9.51. The average Bonchev–Trinajstić information content (AvgIpc) is 2.58. The third-order valence-electron chi connectivity index (χ3n) is 2.42. The van der Waals surface area contributed by atoms with Gasteiger partial charge >= 0.3 is 0 Å². The van der Waals surface area contributed by atoms with Crippen LogP contribution in [0, 0.1) is 0 Å². The second-order valence-corrected chi connectivity index (χ2v) is 4.32. The minimum atomic E-state index is -0.494. The molecule has 1 aromatic heterocycles. The summed E-state index contributed by atoms with van der Waals surface area (Å²) in [5, 5.41) is 14.1. The van der Waals surface area contributed by atoms with E-state index in [4.69, 9.17) is 17.3 Å². The van der Waals surface area contributed by atoms with Crippen LogP contribution in [-0.2, 0) is 6.42 Å². The quantitative estimate of drug-likeness (QED) is 0.877. The van der Waals surface area contributed by atoms with Crippen LogP contribution in [0.2, 0.25) is 5.02 Å². The SMILES string of the molecule is C[C@H](O)Cc1nn(-c2ccccc2)c(N)c1Cl. The van der Waals surface area contributed by atoms with E-state index in [0.717, 1.165) is 5.69 Å². The van der Waals surface area contributed by atoms with Gasteiger partial charge in [0.1, 0.15) is 10.8 Å². The standard InChI is InChI=1S/C12H14ClN3O/c1-8(17)7-10-11(13)12(14)16(15-10)9-5-3-2-4-6-9/h2-6,8,17H,7,14H2,1H3/t8-/m0/s1. The van der Waals surface area contributed by atoms with Crippen LogP contribution < -0.4 is 5.73 Å². The molecule has 5 heteroatoms. The topological polar surface area (TPSA) is 64.1 Å². The number of para-hydroxylation sites is 1. The van der Waals surface area contributed by atoms with Crippen LogP contribution in [0.25, 0.3) is 5.69 Å². The van der Waals surface area contributed by atoms with Crippen molar-refractivity contribution >= 4 is 17.4 Å². The van der Waals surface area contributed by atoms with E-state index in [9.17, 15) is 5.11 Å². The van der Waals surface area contributed by atoms with Gasteiger partial charge in [-0.2, -0.15) is 5.10 Å². The van der Waals surface area contributed by atoms with E-state index in [1.54, 1.807) is 11.6 Å². The van der Waals surface area contributed by atoms with E-state index in [2.05, 4.69) is 5.10 Å². The maximum absolute atomic E-state index is 9.35. The maximum Gasteiger partial charge on any atom is 0.146 e. The predicted octanol–water partition coefficient (Wildman–Crippen LogP) is 2.03. The van der Waals surface area contributed by atoms with Crippen molar-refractivity contribution in [1.29, 1.82) is 0 Å². The van der Waals surface area contributed by atoms with Crippen LogP contribution >= 0.6 is 11.6 Å². The summed E-state index contributed by atoms with van der Waals surface area (Å²) < 4.78 is 1.58. The van der Waals surface area contributed by atoms with Gasteiger partial charge in [0.25, 0.3) is 0 Å². The lowest BCUT2D eigenvalue weighted by Gasteiger charge is -2.02. The Morgan fingerprint density at radius 2 is 2.06 bits per heavy atom. The van der Waals surface area contributed by atoms with Crippen molar-refractivity contribution < 1.29 is 5.11 Å². The number of aromatic nitrogens is 2. The lowest BCUT2D eigenvalue weighted by atomic mass is 10.2. The Kier molecular flexibility index (Phi) is 3.36. The van der Waals surface area contributed by atoms with Gasteiger partial charge in [-0.1, -0.05) is 29.8 Å². The molecule has 1 aromatic carbocycles. The second kappa shape index (κ2) is 4.77. The van der Waals surface area contributed by atoms with Gasteiger partial charge in [0.05, 0.1) is 17.5 Å². The Balaban J connectivity index is 2.43. The van der Waals surface area contributed by atoms with Crippen LogP contribution in [0.15, 0.2) is 30.3 Å². The van der Waals surface area contributed by atoms with Gasteiger partial charge in [-0.15, -0.1) is 0 Å². The van der Waals surface area contributed by atoms with E-state index >= 15 is 0 Å². The molecule has 2 rings (SSSR count). The van der Waals surface area contributed by atoms with Crippen LogP contribution in [0.3, 0.4) is 0 Å². The summed E-state index contributed by atoms with van der Waals surface area (Å²) in [6.45, 7) is 1.69. The Labute approximate surface area is 105 Å². The van der Waals surface area contributed by atoms with Crippen molar-refractivity contribution in [3.63, 3.8) is 0 Å². The molecule has 1 heterocycles. The smallest absolute Gasteiger partial charge is 0.146 e. The van der Waals surface area contributed by atoms with Crippen LogP contribution in [-0.4, -0.2) is 21.0 Å². The van der Waals surface area contributed by atoms with Gasteiger partial charge in [-0.05, 0) is 19.1 Å². The number of benzene rings is 1. The fourth-order valence-corrected chi connectivity index (χ4v) is 1.83. The predicted molar refractivity (Wildman–Crippen MR) is 68.4 cm³/mol.